The van der Waals surface area contributed by atoms with Crippen LogP contribution >= 0.6 is 0 Å². The first-order valence-corrected chi connectivity index (χ1v) is 5.55. The van der Waals surface area contributed by atoms with Gasteiger partial charge in [0.25, 0.3) is 0 Å². The molecule has 0 spiro atoms. The SMILES string of the molecule is COc1cccc(CN(CC(=O)O)CC(F)(F)F)c1F. The average Bonchev–Trinajstić information content (AvgIpc) is 2.28. The molecule has 1 aromatic carbocycles. The van der Waals surface area contributed by atoms with Gasteiger partial charge in [0.05, 0.1) is 20.2 Å². The molecule has 8 heteroatoms. The summed E-state index contributed by atoms with van der Waals surface area (Å²) in [5.41, 5.74) is -0.0603. The van der Waals surface area contributed by atoms with Crippen molar-refractivity contribution in [2.24, 2.45) is 0 Å². The van der Waals surface area contributed by atoms with E-state index in [1.807, 2.05) is 0 Å². The zero-order valence-corrected chi connectivity index (χ0v) is 10.6. The van der Waals surface area contributed by atoms with Gasteiger partial charge in [-0.05, 0) is 6.07 Å². The van der Waals surface area contributed by atoms with Crippen LogP contribution in [0.15, 0.2) is 18.2 Å². The number of nitrogens with zero attached hydrogens (tertiary/aromatic N) is 1. The van der Waals surface area contributed by atoms with Crippen molar-refractivity contribution in [2.45, 2.75) is 12.7 Å². The van der Waals surface area contributed by atoms with E-state index in [4.69, 9.17) is 9.84 Å². The van der Waals surface area contributed by atoms with E-state index in [2.05, 4.69) is 0 Å². The smallest absolute Gasteiger partial charge is 0.401 e. The number of hydrogen-bond acceptors (Lipinski definition) is 3. The van der Waals surface area contributed by atoms with E-state index in [1.165, 1.54) is 25.3 Å². The third-order valence-corrected chi connectivity index (χ3v) is 2.42. The number of alkyl halides is 3. The molecule has 0 amide bonds. The lowest BCUT2D eigenvalue weighted by atomic mass is 10.2. The molecule has 0 aromatic heterocycles. The molecule has 1 rings (SSSR count). The molecular weight excluding hydrogens is 282 g/mol. The van der Waals surface area contributed by atoms with Crippen molar-refractivity contribution in [3.63, 3.8) is 0 Å². The molecule has 0 saturated heterocycles. The second-order valence-corrected chi connectivity index (χ2v) is 4.09. The average molecular weight is 295 g/mol. The van der Waals surface area contributed by atoms with Crippen molar-refractivity contribution < 1.29 is 32.2 Å². The van der Waals surface area contributed by atoms with E-state index in [-0.39, 0.29) is 11.3 Å². The molecule has 112 valence electrons. The highest BCUT2D eigenvalue weighted by molar-refractivity contribution is 5.69. The number of rotatable bonds is 6. The van der Waals surface area contributed by atoms with Gasteiger partial charge < -0.3 is 9.84 Å². The summed E-state index contributed by atoms with van der Waals surface area (Å²) < 4.78 is 55.6. The summed E-state index contributed by atoms with van der Waals surface area (Å²) in [6, 6.07) is 4.02. The minimum absolute atomic E-state index is 0.0603. The second-order valence-electron chi connectivity index (χ2n) is 4.09. The van der Waals surface area contributed by atoms with Crippen molar-refractivity contribution in [2.75, 3.05) is 20.2 Å². The van der Waals surface area contributed by atoms with Gasteiger partial charge in [-0.1, -0.05) is 12.1 Å². The quantitative estimate of drug-likeness (QED) is 0.818. The van der Waals surface area contributed by atoms with Crippen molar-refractivity contribution >= 4 is 5.97 Å². The monoisotopic (exact) mass is 295 g/mol. The van der Waals surface area contributed by atoms with Crippen LogP contribution in [-0.2, 0) is 11.3 Å². The number of aliphatic carboxylic acids is 1. The molecule has 0 aliphatic carbocycles. The number of carbonyl (C=O) groups is 1. The fourth-order valence-electron chi connectivity index (χ4n) is 1.69. The number of carboxylic acids is 1. The van der Waals surface area contributed by atoms with Crippen molar-refractivity contribution in [3.05, 3.63) is 29.6 Å². The van der Waals surface area contributed by atoms with E-state index < -0.39 is 37.6 Å². The highest BCUT2D eigenvalue weighted by atomic mass is 19.4. The molecule has 1 N–H and O–H groups in total. The molecule has 0 unspecified atom stereocenters. The Bertz CT molecular complexity index is 476. The van der Waals surface area contributed by atoms with Gasteiger partial charge in [0.2, 0.25) is 0 Å². The van der Waals surface area contributed by atoms with E-state index in [0.29, 0.717) is 4.90 Å². The first-order valence-electron chi connectivity index (χ1n) is 5.55. The molecule has 0 atom stereocenters. The van der Waals surface area contributed by atoms with Crippen LogP contribution in [0.3, 0.4) is 0 Å². The summed E-state index contributed by atoms with van der Waals surface area (Å²) >= 11 is 0. The topological polar surface area (TPSA) is 49.8 Å². The predicted octanol–water partition coefficient (Wildman–Crippen LogP) is 2.28. The van der Waals surface area contributed by atoms with E-state index in [1.54, 1.807) is 0 Å². The second kappa shape index (κ2) is 6.56. The van der Waals surface area contributed by atoms with Gasteiger partial charge in [0.15, 0.2) is 11.6 Å². The molecule has 1 aromatic rings. The number of methoxy groups -OCH3 is 1. The van der Waals surface area contributed by atoms with Gasteiger partial charge in [0.1, 0.15) is 0 Å². The standard InChI is InChI=1S/C12H13F4NO3/c1-20-9-4-2-3-8(11(9)13)5-17(6-10(18)19)7-12(14,15)16/h2-4H,5-7H2,1H3,(H,18,19). The largest absolute Gasteiger partial charge is 0.494 e. The van der Waals surface area contributed by atoms with Crippen molar-refractivity contribution in [1.29, 1.82) is 0 Å². The molecule has 0 saturated carbocycles. The summed E-state index contributed by atoms with van der Waals surface area (Å²) in [6.45, 7) is -2.75. The van der Waals surface area contributed by atoms with E-state index in [9.17, 15) is 22.4 Å². The molecule has 0 bridgehead atoms. The zero-order chi connectivity index (χ0) is 15.3. The number of halogens is 4. The maximum Gasteiger partial charge on any atom is 0.401 e. The molecule has 20 heavy (non-hydrogen) atoms. The number of ether oxygens (including phenoxy) is 1. The minimum atomic E-state index is -4.56. The lowest BCUT2D eigenvalue weighted by molar-refractivity contribution is -0.154. The number of benzene rings is 1. The summed E-state index contributed by atoms with van der Waals surface area (Å²) in [5.74, 6) is -2.32. The Morgan fingerprint density at radius 2 is 2.05 bits per heavy atom. The van der Waals surface area contributed by atoms with Crippen LogP contribution in [0.1, 0.15) is 5.56 Å². The Morgan fingerprint density at radius 3 is 2.55 bits per heavy atom. The highest BCUT2D eigenvalue weighted by Crippen LogP contribution is 2.23. The van der Waals surface area contributed by atoms with Gasteiger partial charge in [-0.2, -0.15) is 13.2 Å². The van der Waals surface area contributed by atoms with Crippen LogP contribution in [0.2, 0.25) is 0 Å². The Labute approximate surface area is 112 Å². The normalized spacial score (nSPS) is 11.7. The van der Waals surface area contributed by atoms with Crippen molar-refractivity contribution in [3.8, 4) is 5.75 Å². The maximum atomic E-state index is 13.8. The fourth-order valence-corrected chi connectivity index (χ4v) is 1.69. The van der Waals surface area contributed by atoms with Crippen LogP contribution in [0.25, 0.3) is 0 Å². The first kappa shape index (κ1) is 16.2. The third-order valence-electron chi connectivity index (χ3n) is 2.42. The molecule has 4 nitrogen and oxygen atoms in total. The first-order chi connectivity index (χ1) is 9.23. The molecular formula is C12H13F4NO3. The summed E-state index contributed by atoms with van der Waals surface area (Å²) in [7, 11) is 1.23. The lowest BCUT2D eigenvalue weighted by Gasteiger charge is -2.22. The van der Waals surface area contributed by atoms with Crippen LogP contribution in [-0.4, -0.2) is 42.4 Å². The Balaban J connectivity index is 2.91. The third kappa shape index (κ3) is 5.04. The lowest BCUT2D eigenvalue weighted by Crippen LogP contribution is -2.37. The predicted molar refractivity (Wildman–Crippen MR) is 61.9 cm³/mol. The van der Waals surface area contributed by atoms with Gasteiger partial charge >= 0.3 is 12.1 Å². The van der Waals surface area contributed by atoms with Gasteiger partial charge in [0, 0.05) is 12.1 Å². The molecule has 0 heterocycles. The summed E-state index contributed by atoms with van der Waals surface area (Å²) in [4.78, 5) is 11.2. The molecule has 0 fully saturated rings. The van der Waals surface area contributed by atoms with Gasteiger partial charge in [-0.25, -0.2) is 4.39 Å². The van der Waals surface area contributed by atoms with Crippen LogP contribution < -0.4 is 4.74 Å². The Hall–Kier alpha value is -1.83. The van der Waals surface area contributed by atoms with Gasteiger partial charge in [-0.15, -0.1) is 0 Å². The number of hydrogen-bond donors (Lipinski definition) is 1. The Morgan fingerprint density at radius 1 is 1.40 bits per heavy atom. The maximum absolute atomic E-state index is 13.8. The minimum Gasteiger partial charge on any atom is -0.494 e. The van der Waals surface area contributed by atoms with E-state index >= 15 is 0 Å². The van der Waals surface area contributed by atoms with E-state index in [0.717, 1.165) is 0 Å². The van der Waals surface area contributed by atoms with Crippen molar-refractivity contribution in [1.82, 2.24) is 4.90 Å². The zero-order valence-electron chi connectivity index (χ0n) is 10.6. The number of carboxylic acid groups (broad SMARTS) is 1. The molecule has 0 radical (unpaired) electrons. The van der Waals surface area contributed by atoms with Gasteiger partial charge in [-0.3, -0.25) is 9.69 Å². The fraction of sp³-hybridized carbons (Fsp3) is 0.417. The van der Waals surface area contributed by atoms with Crippen LogP contribution in [0.5, 0.6) is 5.75 Å². The highest BCUT2D eigenvalue weighted by Gasteiger charge is 2.32. The van der Waals surface area contributed by atoms with Crippen LogP contribution in [0, 0.1) is 5.82 Å². The Kier molecular flexibility index (Phi) is 5.32. The van der Waals surface area contributed by atoms with Crippen LogP contribution in [0.4, 0.5) is 17.6 Å². The molecule has 0 aliphatic rings. The summed E-state index contributed by atoms with van der Waals surface area (Å²) in [5, 5.41) is 8.60. The molecule has 0 aliphatic heterocycles. The summed E-state index contributed by atoms with van der Waals surface area (Å²) in [6.07, 6.45) is -4.56.